The van der Waals surface area contributed by atoms with Crippen LogP contribution < -0.4 is 0 Å². The predicted molar refractivity (Wildman–Crippen MR) is 67.9 cm³/mol. The minimum Gasteiger partial charge on any atom is -0.298 e. The molecule has 0 N–H and O–H groups in total. The molecule has 2 nitrogen and oxygen atoms in total. The summed E-state index contributed by atoms with van der Waals surface area (Å²) in [7, 11) is 2.09. The van der Waals surface area contributed by atoms with Gasteiger partial charge >= 0.3 is 0 Å². The van der Waals surface area contributed by atoms with Crippen molar-refractivity contribution in [3.63, 3.8) is 0 Å². The van der Waals surface area contributed by atoms with Crippen molar-refractivity contribution in [2.45, 2.75) is 44.7 Å². The van der Waals surface area contributed by atoms with E-state index < -0.39 is 0 Å². The monoisotopic (exact) mass is 237 g/mol. The summed E-state index contributed by atoms with van der Waals surface area (Å²) in [4.78, 5) is 15.3. The van der Waals surface area contributed by atoms with E-state index in [9.17, 15) is 4.79 Å². The Morgan fingerprint density at radius 3 is 3.00 bits per heavy atom. The van der Waals surface area contributed by atoms with Crippen LogP contribution in [0.1, 0.15) is 31.1 Å². The summed E-state index contributed by atoms with van der Waals surface area (Å²) < 4.78 is 0. The first kappa shape index (κ1) is 11.8. The van der Waals surface area contributed by atoms with Gasteiger partial charge in [-0.05, 0) is 44.7 Å². The zero-order chi connectivity index (χ0) is 11.5. The number of carbonyl (C=O) groups is 1. The molecule has 0 saturated heterocycles. The highest BCUT2D eigenvalue weighted by molar-refractivity contribution is 7.09. The van der Waals surface area contributed by atoms with Crippen molar-refractivity contribution in [1.82, 2.24) is 4.90 Å². The molecule has 1 heterocycles. The van der Waals surface area contributed by atoms with Crippen LogP contribution in [0.3, 0.4) is 0 Å². The summed E-state index contributed by atoms with van der Waals surface area (Å²) in [5, 5.41) is 2.11. The Labute approximate surface area is 101 Å². The molecule has 0 bridgehead atoms. The predicted octanol–water partition coefficient (Wildman–Crippen LogP) is 2.73. The van der Waals surface area contributed by atoms with Crippen LogP contribution in [0.2, 0.25) is 0 Å². The molecular weight excluding hydrogens is 218 g/mol. The van der Waals surface area contributed by atoms with Gasteiger partial charge in [-0.25, -0.2) is 0 Å². The van der Waals surface area contributed by atoms with Gasteiger partial charge in [-0.2, -0.15) is 0 Å². The second kappa shape index (κ2) is 5.11. The van der Waals surface area contributed by atoms with Crippen LogP contribution in [0, 0.1) is 0 Å². The van der Waals surface area contributed by atoms with Crippen LogP contribution in [0.15, 0.2) is 17.5 Å². The maximum Gasteiger partial charge on any atom is 0.149 e. The summed E-state index contributed by atoms with van der Waals surface area (Å²) in [6.45, 7) is 2.21. The Kier molecular flexibility index (Phi) is 3.77. The molecule has 0 radical (unpaired) electrons. The third-order valence-electron chi connectivity index (χ3n) is 3.54. The zero-order valence-corrected chi connectivity index (χ0v) is 10.8. The second-order valence-corrected chi connectivity index (χ2v) is 5.70. The van der Waals surface area contributed by atoms with Crippen LogP contribution >= 0.6 is 11.3 Å². The fourth-order valence-corrected chi connectivity index (χ4v) is 3.23. The molecule has 2 unspecified atom stereocenters. The van der Waals surface area contributed by atoms with Crippen molar-refractivity contribution in [2.75, 3.05) is 7.05 Å². The molecule has 1 aliphatic rings. The summed E-state index contributed by atoms with van der Waals surface area (Å²) in [5.41, 5.74) is 0. The van der Waals surface area contributed by atoms with Crippen LogP contribution in [0.5, 0.6) is 0 Å². The van der Waals surface area contributed by atoms with Crippen molar-refractivity contribution in [2.24, 2.45) is 0 Å². The van der Waals surface area contributed by atoms with Gasteiger partial charge < -0.3 is 0 Å². The van der Waals surface area contributed by atoms with Gasteiger partial charge in [0.2, 0.25) is 0 Å². The average Bonchev–Trinajstić information content (AvgIpc) is 2.88. The highest BCUT2D eigenvalue weighted by atomic mass is 32.1. The fraction of sp³-hybridized carbons (Fsp3) is 0.615. The number of rotatable bonds is 4. The van der Waals surface area contributed by atoms with Crippen LogP contribution in [-0.2, 0) is 11.2 Å². The molecule has 0 aromatic carbocycles. The number of nitrogens with zero attached hydrogens (tertiary/aromatic N) is 1. The lowest BCUT2D eigenvalue weighted by Crippen LogP contribution is -2.41. The number of thiophene rings is 1. The Hall–Kier alpha value is -0.670. The maximum absolute atomic E-state index is 11.7. The number of carbonyl (C=O) groups excluding carboxylic acids is 1. The molecule has 2 rings (SSSR count). The van der Waals surface area contributed by atoms with E-state index in [2.05, 4.69) is 36.4 Å². The lowest BCUT2D eigenvalue weighted by Gasteiger charge is -2.29. The molecule has 1 aromatic heterocycles. The first-order valence-corrected chi connectivity index (χ1v) is 6.83. The van der Waals surface area contributed by atoms with Crippen molar-refractivity contribution < 1.29 is 4.79 Å². The molecule has 2 atom stereocenters. The summed E-state index contributed by atoms with van der Waals surface area (Å²) in [6.07, 6.45) is 3.95. The Morgan fingerprint density at radius 1 is 1.62 bits per heavy atom. The molecule has 1 fully saturated rings. The number of Topliss-reactive ketones (excluding diaryl/α,β-unsaturated/α-hetero) is 1. The highest BCUT2D eigenvalue weighted by Gasteiger charge is 2.30. The minimum atomic E-state index is 0.176. The topological polar surface area (TPSA) is 20.3 Å². The lowest BCUT2D eigenvalue weighted by atomic mass is 10.1. The molecule has 1 saturated carbocycles. The molecule has 0 spiro atoms. The number of likely N-dealkylation sites (N-methyl/N-ethyl adjacent to an activating group) is 1. The van der Waals surface area contributed by atoms with E-state index in [1.165, 1.54) is 4.88 Å². The van der Waals surface area contributed by atoms with E-state index in [-0.39, 0.29) is 6.04 Å². The minimum absolute atomic E-state index is 0.176. The van der Waals surface area contributed by atoms with E-state index in [1.807, 2.05) is 0 Å². The van der Waals surface area contributed by atoms with E-state index in [0.29, 0.717) is 11.8 Å². The molecule has 16 heavy (non-hydrogen) atoms. The van der Waals surface area contributed by atoms with E-state index >= 15 is 0 Å². The first-order valence-electron chi connectivity index (χ1n) is 5.95. The highest BCUT2D eigenvalue weighted by Crippen LogP contribution is 2.22. The standard InChI is InChI=1S/C13H19NOS/c1-10(9-11-5-4-8-16-11)14(2)12-6-3-7-13(12)15/h4-5,8,10,12H,3,6-7,9H2,1-2H3. The van der Waals surface area contributed by atoms with Crippen LogP contribution in [0.25, 0.3) is 0 Å². The van der Waals surface area contributed by atoms with Crippen molar-refractivity contribution >= 4 is 17.1 Å². The van der Waals surface area contributed by atoms with Gasteiger partial charge in [-0.15, -0.1) is 11.3 Å². The molecule has 0 amide bonds. The quantitative estimate of drug-likeness (QED) is 0.802. The van der Waals surface area contributed by atoms with Gasteiger partial charge in [0, 0.05) is 17.3 Å². The summed E-state index contributed by atoms with van der Waals surface area (Å²) in [5.74, 6) is 0.431. The average molecular weight is 237 g/mol. The van der Waals surface area contributed by atoms with Crippen LogP contribution in [-0.4, -0.2) is 29.8 Å². The van der Waals surface area contributed by atoms with Crippen molar-refractivity contribution in [3.8, 4) is 0 Å². The molecule has 1 aliphatic carbocycles. The van der Waals surface area contributed by atoms with Crippen molar-refractivity contribution in [1.29, 1.82) is 0 Å². The molecule has 3 heteroatoms. The SMILES string of the molecule is CC(Cc1cccs1)N(C)C1CCCC1=O. The number of hydrogen-bond donors (Lipinski definition) is 0. The first-order chi connectivity index (χ1) is 7.68. The lowest BCUT2D eigenvalue weighted by molar-refractivity contribution is -0.122. The molecule has 0 aliphatic heterocycles. The number of ketones is 1. The summed E-state index contributed by atoms with van der Waals surface area (Å²) >= 11 is 1.80. The van der Waals surface area contributed by atoms with Crippen LogP contribution in [0.4, 0.5) is 0 Å². The van der Waals surface area contributed by atoms with Gasteiger partial charge in [-0.1, -0.05) is 6.07 Å². The third kappa shape index (κ3) is 2.53. The van der Waals surface area contributed by atoms with E-state index in [0.717, 1.165) is 25.7 Å². The second-order valence-electron chi connectivity index (χ2n) is 4.67. The fourth-order valence-electron chi connectivity index (χ4n) is 2.40. The van der Waals surface area contributed by atoms with Gasteiger partial charge in [0.1, 0.15) is 5.78 Å². The number of hydrogen-bond acceptors (Lipinski definition) is 3. The normalized spacial score (nSPS) is 22.9. The zero-order valence-electron chi connectivity index (χ0n) is 9.98. The van der Waals surface area contributed by atoms with E-state index in [4.69, 9.17) is 0 Å². The van der Waals surface area contributed by atoms with Gasteiger partial charge in [0.05, 0.1) is 6.04 Å². The molecule has 88 valence electrons. The Bertz CT molecular complexity index is 347. The molecule has 1 aromatic rings. The van der Waals surface area contributed by atoms with Gasteiger partial charge in [-0.3, -0.25) is 9.69 Å². The maximum atomic E-state index is 11.7. The third-order valence-corrected chi connectivity index (χ3v) is 4.43. The smallest absolute Gasteiger partial charge is 0.149 e. The Morgan fingerprint density at radius 2 is 2.44 bits per heavy atom. The van der Waals surface area contributed by atoms with Crippen molar-refractivity contribution in [3.05, 3.63) is 22.4 Å². The molecular formula is C13H19NOS. The van der Waals surface area contributed by atoms with Gasteiger partial charge in [0.15, 0.2) is 0 Å². The largest absolute Gasteiger partial charge is 0.298 e. The summed E-state index contributed by atoms with van der Waals surface area (Å²) in [6, 6.07) is 4.89. The Balaban J connectivity index is 1.93. The van der Waals surface area contributed by atoms with E-state index in [1.54, 1.807) is 11.3 Å². The van der Waals surface area contributed by atoms with Gasteiger partial charge in [0.25, 0.3) is 0 Å².